The molecule has 158 valence electrons. The first-order valence-electron chi connectivity index (χ1n) is 11.5. The van der Waals surface area contributed by atoms with Crippen LogP contribution in [0.4, 0.5) is 0 Å². The molecule has 0 saturated heterocycles. The summed E-state index contributed by atoms with van der Waals surface area (Å²) in [7, 11) is 0. The smallest absolute Gasteiger partial charge is 0.223 e. The monoisotopic (exact) mass is 411 g/mol. The van der Waals surface area contributed by atoms with Crippen LogP contribution in [0.5, 0.6) is 0 Å². The van der Waals surface area contributed by atoms with Crippen molar-refractivity contribution >= 4 is 27.7 Å². The number of fused-ring (bicyclic) bond motifs is 2. The maximum atomic E-state index is 12.5. The highest BCUT2D eigenvalue weighted by molar-refractivity contribution is 5.86. The molecule has 0 radical (unpaired) electrons. The van der Waals surface area contributed by atoms with Crippen LogP contribution in [-0.4, -0.2) is 22.0 Å². The van der Waals surface area contributed by atoms with E-state index in [1.807, 2.05) is 6.07 Å². The third kappa shape index (κ3) is 4.20. The second kappa shape index (κ2) is 8.93. The zero-order chi connectivity index (χ0) is 21.0. The standard InChI is InChI=1S/C27H29N3O/c31-27(21-10-2-1-3-11-21)28-18-17-26-29-24-15-6-7-16-25(24)30(26)19-22-13-8-12-20-9-4-5-14-23(20)22/h4-9,12-16,21H,1-3,10-11,17-19H2,(H,28,31). The number of imidazole rings is 1. The van der Waals surface area contributed by atoms with Crippen molar-refractivity contribution in [3.63, 3.8) is 0 Å². The van der Waals surface area contributed by atoms with Gasteiger partial charge in [0.15, 0.2) is 0 Å². The topological polar surface area (TPSA) is 46.9 Å². The molecule has 0 atom stereocenters. The number of hydrogen-bond acceptors (Lipinski definition) is 2. The molecule has 1 saturated carbocycles. The number of benzene rings is 3. The predicted molar refractivity (Wildman–Crippen MR) is 126 cm³/mol. The molecule has 0 spiro atoms. The fourth-order valence-corrected chi connectivity index (χ4v) is 4.90. The zero-order valence-corrected chi connectivity index (χ0v) is 17.9. The van der Waals surface area contributed by atoms with Gasteiger partial charge in [0.2, 0.25) is 5.91 Å². The van der Waals surface area contributed by atoms with E-state index in [1.165, 1.54) is 35.6 Å². The summed E-state index contributed by atoms with van der Waals surface area (Å²) in [6, 6.07) is 23.3. The third-order valence-electron chi connectivity index (χ3n) is 6.57. The van der Waals surface area contributed by atoms with Crippen LogP contribution in [0, 0.1) is 5.92 Å². The Morgan fingerprint density at radius 2 is 1.71 bits per heavy atom. The predicted octanol–water partition coefficient (Wildman–Crippen LogP) is 5.48. The number of amides is 1. The summed E-state index contributed by atoms with van der Waals surface area (Å²) in [5.74, 6) is 1.44. The summed E-state index contributed by atoms with van der Waals surface area (Å²) in [5, 5.41) is 5.71. The van der Waals surface area contributed by atoms with E-state index in [1.54, 1.807) is 0 Å². The van der Waals surface area contributed by atoms with Gasteiger partial charge in [0.25, 0.3) is 0 Å². The molecular formula is C27H29N3O. The molecule has 4 aromatic rings. The molecule has 1 aliphatic carbocycles. The van der Waals surface area contributed by atoms with Crippen molar-refractivity contribution in [2.75, 3.05) is 6.54 Å². The number of para-hydroxylation sites is 2. The minimum Gasteiger partial charge on any atom is -0.355 e. The summed E-state index contributed by atoms with van der Waals surface area (Å²) < 4.78 is 2.31. The molecule has 31 heavy (non-hydrogen) atoms. The van der Waals surface area contributed by atoms with Gasteiger partial charge >= 0.3 is 0 Å². The van der Waals surface area contributed by atoms with Crippen LogP contribution < -0.4 is 5.32 Å². The van der Waals surface area contributed by atoms with Crippen molar-refractivity contribution in [2.24, 2.45) is 5.92 Å². The molecule has 0 bridgehead atoms. The van der Waals surface area contributed by atoms with Crippen LogP contribution in [0.15, 0.2) is 66.7 Å². The second-order valence-corrected chi connectivity index (χ2v) is 8.62. The average molecular weight is 412 g/mol. The number of aromatic nitrogens is 2. The Kier molecular flexibility index (Phi) is 5.70. The number of hydrogen-bond donors (Lipinski definition) is 1. The molecule has 1 fully saturated rings. The first-order valence-corrected chi connectivity index (χ1v) is 11.5. The van der Waals surface area contributed by atoms with Gasteiger partial charge in [-0.25, -0.2) is 4.98 Å². The molecule has 0 aliphatic heterocycles. The average Bonchev–Trinajstić information content (AvgIpc) is 3.17. The molecule has 0 unspecified atom stereocenters. The minimum absolute atomic E-state index is 0.197. The van der Waals surface area contributed by atoms with E-state index in [9.17, 15) is 4.79 Å². The van der Waals surface area contributed by atoms with Gasteiger partial charge in [-0.05, 0) is 41.3 Å². The number of nitrogens with one attached hydrogen (secondary N) is 1. The van der Waals surface area contributed by atoms with Crippen molar-refractivity contribution in [1.82, 2.24) is 14.9 Å². The second-order valence-electron chi connectivity index (χ2n) is 8.62. The fourth-order valence-electron chi connectivity index (χ4n) is 4.90. The Morgan fingerprint density at radius 3 is 2.61 bits per heavy atom. The quantitative estimate of drug-likeness (QED) is 0.457. The Hall–Kier alpha value is -3.14. The SMILES string of the molecule is O=C(NCCc1nc2ccccc2n1Cc1cccc2ccccc12)C1CCCCC1. The number of nitrogens with zero attached hydrogens (tertiary/aromatic N) is 2. The van der Waals surface area contributed by atoms with Crippen LogP contribution in [0.1, 0.15) is 43.5 Å². The summed E-state index contributed by atoms with van der Waals surface area (Å²) in [5.41, 5.74) is 3.44. The van der Waals surface area contributed by atoms with Crippen molar-refractivity contribution in [3.05, 3.63) is 78.1 Å². The molecule has 4 nitrogen and oxygen atoms in total. The first-order chi connectivity index (χ1) is 15.3. The molecule has 1 N–H and O–H groups in total. The maximum Gasteiger partial charge on any atom is 0.223 e. The van der Waals surface area contributed by atoms with E-state index in [2.05, 4.69) is 70.5 Å². The summed E-state index contributed by atoms with van der Waals surface area (Å²) in [4.78, 5) is 17.5. The van der Waals surface area contributed by atoms with Gasteiger partial charge in [-0.2, -0.15) is 0 Å². The van der Waals surface area contributed by atoms with Gasteiger partial charge in [-0.1, -0.05) is 73.9 Å². The van der Waals surface area contributed by atoms with Crippen molar-refractivity contribution in [3.8, 4) is 0 Å². The van der Waals surface area contributed by atoms with E-state index < -0.39 is 0 Å². The summed E-state index contributed by atoms with van der Waals surface area (Å²) in [6.07, 6.45) is 6.43. The van der Waals surface area contributed by atoms with E-state index in [-0.39, 0.29) is 11.8 Å². The van der Waals surface area contributed by atoms with Gasteiger partial charge in [-0.15, -0.1) is 0 Å². The maximum absolute atomic E-state index is 12.5. The lowest BCUT2D eigenvalue weighted by Crippen LogP contribution is -2.33. The lowest BCUT2D eigenvalue weighted by atomic mass is 9.89. The minimum atomic E-state index is 0.197. The molecule has 5 rings (SSSR count). The summed E-state index contributed by atoms with van der Waals surface area (Å²) in [6.45, 7) is 1.40. The van der Waals surface area contributed by atoms with E-state index in [4.69, 9.17) is 4.98 Å². The van der Waals surface area contributed by atoms with Crippen molar-refractivity contribution in [1.29, 1.82) is 0 Å². The third-order valence-corrected chi connectivity index (χ3v) is 6.57. The molecule has 4 heteroatoms. The molecule has 1 amide bonds. The van der Waals surface area contributed by atoms with E-state index in [0.29, 0.717) is 6.54 Å². The Labute approximate surface area is 183 Å². The zero-order valence-electron chi connectivity index (χ0n) is 17.9. The number of carbonyl (C=O) groups is 1. The lowest BCUT2D eigenvalue weighted by molar-refractivity contribution is -0.125. The molecular weight excluding hydrogens is 382 g/mol. The highest BCUT2D eigenvalue weighted by Gasteiger charge is 2.21. The van der Waals surface area contributed by atoms with E-state index >= 15 is 0 Å². The Balaban J connectivity index is 1.38. The van der Waals surface area contributed by atoms with Crippen LogP contribution in [-0.2, 0) is 17.8 Å². The Morgan fingerprint density at radius 1 is 0.935 bits per heavy atom. The first kappa shape index (κ1) is 19.8. The lowest BCUT2D eigenvalue weighted by Gasteiger charge is -2.20. The van der Waals surface area contributed by atoms with Crippen molar-refractivity contribution in [2.45, 2.75) is 45.1 Å². The molecule has 3 aromatic carbocycles. The van der Waals surface area contributed by atoms with Crippen LogP contribution in [0.25, 0.3) is 21.8 Å². The highest BCUT2D eigenvalue weighted by Crippen LogP contribution is 2.25. The molecule has 1 aromatic heterocycles. The van der Waals surface area contributed by atoms with Gasteiger partial charge in [0.1, 0.15) is 5.82 Å². The van der Waals surface area contributed by atoms with Gasteiger partial charge < -0.3 is 9.88 Å². The van der Waals surface area contributed by atoms with Crippen molar-refractivity contribution < 1.29 is 4.79 Å². The van der Waals surface area contributed by atoms with Gasteiger partial charge in [0.05, 0.1) is 11.0 Å². The Bertz CT molecular complexity index is 1200. The van der Waals surface area contributed by atoms with Crippen LogP contribution in [0.2, 0.25) is 0 Å². The fraction of sp³-hybridized carbons (Fsp3) is 0.333. The largest absolute Gasteiger partial charge is 0.355 e. The van der Waals surface area contributed by atoms with Crippen LogP contribution in [0.3, 0.4) is 0 Å². The number of carbonyl (C=O) groups excluding carboxylic acids is 1. The van der Waals surface area contributed by atoms with Gasteiger partial charge in [-0.3, -0.25) is 4.79 Å². The summed E-state index contributed by atoms with van der Waals surface area (Å²) >= 11 is 0. The molecule has 1 heterocycles. The normalized spacial score (nSPS) is 14.8. The highest BCUT2D eigenvalue weighted by atomic mass is 16.1. The van der Waals surface area contributed by atoms with Gasteiger partial charge in [0, 0.05) is 25.4 Å². The van der Waals surface area contributed by atoms with E-state index in [0.717, 1.165) is 42.7 Å². The number of rotatable bonds is 6. The molecule has 1 aliphatic rings. The van der Waals surface area contributed by atoms with Crippen LogP contribution >= 0.6 is 0 Å².